The van der Waals surface area contributed by atoms with Crippen LogP contribution >= 0.6 is 0 Å². The number of H-pyrrole nitrogens is 1. The summed E-state index contributed by atoms with van der Waals surface area (Å²) in [5, 5.41) is 16.5. The summed E-state index contributed by atoms with van der Waals surface area (Å²) in [5.41, 5.74) is 3.23. The summed E-state index contributed by atoms with van der Waals surface area (Å²) < 4.78 is 2.06. The molecule has 30 heavy (non-hydrogen) atoms. The Morgan fingerprint density at radius 2 is 2.00 bits per heavy atom. The van der Waals surface area contributed by atoms with Crippen molar-refractivity contribution in [1.29, 1.82) is 5.26 Å². The minimum absolute atomic E-state index is 0.192. The van der Waals surface area contributed by atoms with E-state index in [1.807, 2.05) is 13.0 Å². The average Bonchev–Trinajstić information content (AvgIpc) is 3.25. The Bertz CT molecular complexity index is 996. The lowest BCUT2D eigenvalue weighted by molar-refractivity contribution is 0.112. The van der Waals surface area contributed by atoms with E-state index >= 15 is 0 Å². The molecule has 5 rings (SSSR count). The number of nitrogens with one attached hydrogen (secondary N) is 1. The molecule has 0 aromatic carbocycles. The zero-order valence-corrected chi connectivity index (χ0v) is 17.7. The van der Waals surface area contributed by atoms with Crippen molar-refractivity contribution in [3.05, 3.63) is 51.7 Å². The molecular weight excluding hydrogens is 376 g/mol. The molecule has 5 heterocycles. The van der Waals surface area contributed by atoms with Gasteiger partial charge in [0, 0.05) is 61.8 Å². The topological polar surface area (TPSA) is 80.9 Å². The van der Waals surface area contributed by atoms with Crippen LogP contribution in [0, 0.1) is 22.7 Å². The number of likely N-dealkylation sites (tertiary alicyclic amines) is 2. The Morgan fingerprint density at radius 3 is 2.73 bits per heavy atom. The predicted octanol–water partition coefficient (Wildman–Crippen LogP) is 2.32. The van der Waals surface area contributed by atoms with Crippen LogP contribution < -0.4 is 5.56 Å². The van der Waals surface area contributed by atoms with Crippen LogP contribution in [0.3, 0.4) is 0 Å². The molecular formula is C23H30N6O. The van der Waals surface area contributed by atoms with E-state index in [0.29, 0.717) is 18.4 Å². The standard InChI is InChI=1S/C23H30N6O/c1-23(16-24)5-8-27(9-6-23)13-18-2-3-21-19-10-17(12-29(21)22(18)30)11-28(14-19)15-20-4-7-25-26-20/h2-4,7,17,19H,5-6,8-15H2,1H3,(H,25,26)/t17-,19+/m0/s1. The van der Waals surface area contributed by atoms with Crippen molar-refractivity contribution in [3.63, 3.8) is 0 Å². The van der Waals surface area contributed by atoms with E-state index in [4.69, 9.17) is 0 Å². The summed E-state index contributed by atoms with van der Waals surface area (Å²) in [6, 6.07) is 8.74. The van der Waals surface area contributed by atoms with Gasteiger partial charge in [-0.15, -0.1) is 0 Å². The summed E-state index contributed by atoms with van der Waals surface area (Å²) in [6.07, 6.45) is 4.74. The van der Waals surface area contributed by atoms with Crippen molar-refractivity contribution in [3.8, 4) is 6.07 Å². The fraction of sp³-hybridized carbons (Fsp3) is 0.609. The zero-order valence-electron chi connectivity index (χ0n) is 17.7. The Kier molecular flexibility index (Phi) is 5.00. The van der Waals surface area contributed by atoms with E-state index in [1.54, 1.807) is 6.20 Å². The van der Waals surface area contributed by atoms with E-state index in [2.05, 4.69) is 42.8 Å². The van der Waals surface area contributed by atoms with Gasteiger partial charge < -0.3 is 4.57 Å². The molecule has 0 unspecified atom stereocenters. The van der Waals surface area contributed by atoms with Gasteiger partial charge in [-0.3, -0.25) is 19.7 Å². The van der Waals surface area contributed by atoms with Gasteiger partial charge in [-0.25, -0.2) is 0 Å². The first-order valence-electron chi connectivity index (χ1n) is 11.1. The smallest absolute Gasteiger partial charge is 0.255 e. The summed E-state index contributed by atoms with van der Waals surface area (Å²) in [5.74, 6) is 0.951. The molecule has 0 aliphatic carbocycles. The van der Waals surface area contributed by atoms with Crippen LogP contribution in [0.4, 0.5) is 0 Å². The number of piperidine rings is 2. The molecule has 3 aliphatic heterocycles. The van der Waals surface area contributed by atoms with Crippen LogP contribution in [0.5, 0.6) is 0 Å². The van der Waals surface area contributed by atoms with Crippen LogP contribution in [0.2, 0.25) is 0 Å². The molecule has 1 N–H and O–H groups in total. The second kappa shape index (κ2) is 7.68. The lowest BCUT2D eigenvalue weighted by atomic mass is 9.82. The van der Waals surface area contributed by atoms with Crippen LogP contribution in [-0.2, 0) is 19.6 Å². The summed E-state index contributed by atoms with van der Waals surface area (Å²) in [7, 11) is 0. The highest BCUT2D eigenvalue weighted by atomic mass is 16.1. The maximum atomic E-state index is 13.3. The summed E-state index contributed by atoms with van der Waals surface area (Å²) in [4.78, 5) is 18.1. The molecule has 158 valence electrons. The number of hydrogen-bond donors (Lipinski definition) is 1. The van der Waals surface area contributed by atoms with Gasteiger partial charge in [-0.1, -0.05) is 6.07 Å². The van der Waals surface area contributed by atoms with Gasteiger partial charge in [-0.2, -0.15) is 10.4 Å². The third-order valence-electron chi connectivity index (χ3n) is 7.33. The van der Waals surface area contributed by atoms with E-state index in [9.17, 15) is 10.1 Å². The third kappa shape index (κ3) is 3.70. The number of aromatic amines is 1. The van der Waals surface area contributed by atoms with Gasteiger partial charge in [0.15, 0.2) is 0 Å². The van der Waals surface area contributed by atoms with Gasteiger partial charge in [-0.05, 0) is 57.3 Å². The molecule has 3 aliphatic rings. The minimum atomic E-state index is -0.207. The van der Waals surface area contributed by atoms with Crippen molar-refractivity contribution in [2.75, 3.05) is 26.2 Å². The number of nitrogens with zero attached hydrogens (tertiary/aromatic N) is 5. The SMILES string of the molecule is CC1(C#N)CCN(Cc2ccc3n(c2=O)C[C@H]2C[C@@H]3CN(Cc3ccn[nH]3)C2)CC1. The molecule has 0 amide bonds. The number of aromatic nitrogens is 3. The highest BCUT2D eigenvalue weighted by Crippen LogP contribution is 2.36. The Balaban J connectivity index is 1.30. The van der Waals surface area contributed by atoms with Gasteiger partial charge >= 0.3 is 0 Å². The molecule has 2 bridgehead atoms. The van der Waals surface area contributed by atoms with Crippen LogP contribution in [0.1, 0.15) is 49.1 Å². The lowest BCUT2D eigenvalue weighted by Crippen LogP contribution is -2.47. The molecule has 7 heteroatoms. The first-order valence-corrected chi connectivity index (χ1v) is 11.1. The van der Waals surface area contributed by atoms with Crippen LogP contribution in [-0.4, -0.2) is 50.7 Å². The molecule has 7 nitrogen and oxygen atoms in total. The maximum Gasteiger partial charge on any atom is 0.255 e. The molecule has 2 aromatic rings. The number of hydrogen-bond acceptors (Lipinski definition) is 5. The molecule has 2 aromatic heterocycles. The Hall–Kier alpha value is -2.43. The van der Waals surface area contributed by atoms with Crippen LogP contribution in [0.15, 0.2) is 29.2 Å². The zero-order chi connectivity index (χ0) is 20.7. The lowest BCUT2D eigenvalue weighted by Gasteiger charge is -2.43. The molecule has 0 radical (unpaired) electrons. The number of pyridine rings is 1. The normalized spacial score (nSPS) is 26.1. The van der Waals surface area contributed by atoms with Crippen molar-refractivity contribution in [2.45, 2.75) is 51.7 Å². The molecule has 0 saturated carbocycles. The van der Waals surface area contributed by atoms with Gasteiger partial charge in [0.05, 0.1) is 11.5 Å². The highest BCUT2D eigenvalue weighted by Gasteiger charge is 2.35. The molecule has 2 atom stereocenters. The second-order valence-corrected chi connectivity index (χ2v) is 9.72. The monoisotopic (exact) mass is 406 g/mol. The maximum absolute atomic E-state index is 13.3. The quantitative estimate of drug-likeness (QED) is 0.843. The van der Waals surface area contributed by atoms with E-state index in [1.165, 1.54) is 12.1 Å². The number of rotatable bonds is 4. The van der Waals surface area contributed by atoms with Gasteiger partial charge in [0.25, 0.3) is 5.56 Å². The second-order valence-electron chi connectivity index (χ2n) is 9.72. The van der Waals surface area contributed by atoms with E-state index < -0.39 is 0 Å². The first kappa shape index (κ1) is 19.5. The summed E-state index contributed by atoms with van der Waals surface area (Å²) >= 11 is 0. The fourth-order valence-electron chi connectivity index (χ4n) is 5.51. The van der Waals surface area contributed by atoms with Gasteiger partial charge in [0.1, 0.15) is 0 Å². The highest BCUT2D eigenvalue weighted by molar-refractivity contribution is 5.22. The Labute approximate surface area is 177 Å². The fourth-order valence-corrected chi connectivity index (χ4v) is 5.51. The van der Waals surface area contributed by atoms with Crippen molar-refractivity contribution >= 4 is 0 Å². The van der Waals surface area contributed by atoms with Crippen molar-refractivity contribution in [2.24, 2.45) is 11.3 Å². The number of fused-ring (bicyclic) bond motifs is 4. The number of nitriles is 1. The van der Waals surface area contributed by atoms with Crippen LogP contribution in [0.25, 0.3) is 0 Å². The largest absolute Gasteiger partial charge is 0.312 e. The first-order chi connectivity index (χ1) is 14.5. The van der Waals surface area contributed by atoms with E-state index in [0.717, 1.165) is 63.4 Å². The molecule has 2 fully saturated rings. The average molecular weight is 407 g/mol. The summed E-state index contributed by atoms with van der Waals surface area (Å²) in [6.45, 7) is 8.26. The van der Waals surface area contributed by atoms with Crippen molar-refractivity contribution < 1.29 is 0 Å². The minimum Gasteiger partial charge on any atom is -0.312 e. The Morgan fingerprint density at radius 1 is 1.17 bits per heavy atom. The van der Waals surface area contributed by atoms with Crippen molar-refractivity contribution in [1.82, 2.24) is 24.6 Å². The third-order valence-corrected chi connectivity index (χ3v) is 7.33. The molecule has 2 saturated heterocycles. The predicted molar refractivity (Wildman–Crippen MR) is 114 cm³/mol. The van der Waals surface area contributed by atoms with E-state index in [-0.39, 0.29) is 11.0 Å². The molecule has 0 spiro atoms. The van der Waals surface area contributed by atoms with Gasteiger partial charge in [0.2, 0.25) is 0 Å².